The number of nitriles is 1. The summed E-state index contributed by atoms with van der Waals surface area (Å²) in [6, 6.07) is 6.25. The number of benzene rings is 1. The first-order valence-electron chi connectivity index (χ1n) is 6.52. The molecule has 5 nitrogen and oxygen atoms in total. The van der Waals surface area contributed by atoms with E-state index in [9.17, 15) is 8.42 Å². The van der Waals surface area contributed by atoms with Gasteiger partial charge in [-0.25, -0.2) is 13.1 Å². The van der Waals surface area contributed by atoms with Gasteiger partial charge in [0.25, 0.3) is 0 Å². The molecule has 0 aliphatic heterocycles. The van der Waals surface area contributed by atoms with Crippen molar-refractivity contribution in [1.29, 1.82) is 5.26 Å². The van der Waals surface area contributed by atoms with Crippen molar-refractivity contribution in [2.24, 2.45) is 11.7 Å². The Hall–Kier alpha value is -1.42. The number of nitrogens with one attached hydrogen (secondary N) is 1. The molecule has 1 aromatic carbocycles. The highest BCUT2D eigenvalue weighted by Gasteiger charge is 2.16. The van der Waals surface area contributed by atoms with Crippen molar-refractivity contribution in [1.82, 2.24) is 4.72 Å². The van der Waals surface area contributed by atoms with Crippen LogP contribution in [-0.2, 0) is 10.0 Å². The molecule has 0 aliphatic rings. The molecule has 0 saturated carbocycles. The summed E-state index contributed by atoms with van der Waals surface area (Å²) >= 11 is 0. The lowest BCUT2D eigenvalue weighted by molar-refractivity contribution is 0.486. The van der Waals surface area contributed by atoms with Gasteiger partial charge in [0.2, 0.25) is 10.0 Å². The lowest BCUT2D eigenvalue weighted by Crippen LogP contribution is -2.38. The number of nitrogens with zero attached hydrogens (tertiary/aromatic N) is 1. The Kier molecular flexibility index (Phi) is 5.69. The summed E-state index contributed by atoms with van der Waals surface area (Å²) in [4.78, 5) is 0.158. The highest BCUT2D eigenvalue weighted by molar-refractivity contribution is 7.89. The topological polar surface area (TPSA) is 96.0 Å². The SMILES string of the molecule is Cc1cc(S(=O)(=O)NCC(N)CC(C)C)ccc1C#N. The summed E-state index contributed by atoms with van der Waals surface area (Å²) in [5, 5.41) is 8.84. The maximum absolute atomic E-state index is 12.1. The molecule has 0 fully saturated rings. The summed E-state index contributed by atoms with van der Waals surface area (Å²) in [7, 11) is -3.58. The fourth-order valence-corrected chi connectivity index (χ4v) is 3.10. The van der Waals surface area contributed by atoms with Crippen molar-refractivity contribution in [3.05, 3.63) is 29.3 Å². The zero-order valence-electron chi connectivity index (χ0n) is 12.1. The highest BCUT2D eigenvalue weighted by Crippen LogP contribution is 2.14. The van der Waals surface area contributed by atoms with Gasteiger partial charge in [0, 0.05) is 12.6 Å². The summed E-state index contributed by atoms with van der Waals surface area (Å²) in [6.45, 7) is 6.00. The van der Waals surface area contributed by atoms with Crippen LogP contribution in [0.15, 0.2) is 23.1 Å². The van der Waals surface area contributed by atoms with Crippen molar-refractivity contribution in [3.8, 4) is 6.07 Å². The number of hydrogen-bond acceptors (Lipinski definition) is 4. The molecular weight excluding hydrogens is 274 g/mol. The molecule has 6 heteroatoms. The molecule has 1 aromatic rings. The zero-order chi connectivity index (χ0) is 15.3. The van der Waals surface area contributed by atoms with Gasteiger partial charge in [-0.2, -0.15) is 5.26 Å². The standard InChI is InChI=1S/C14H21N3O2S/c1-10(2)6-13(16)9-17-20(18,19)14-5-4-12(8-15)11(3)7-14/h4-5,7,10,13,17H,6,9,16H2,1-3H3. The fourth-order valence-electron chi connectivity index (χ4n) is 1.92. The minimum absolute atomic E-state index is 0.158. The average Bonchev–Trinajstić information content (AvgIpc) is 2.35. The third kappa shape index (κ3) is 4.60. The van der Waals surface area contributed by atoms with Gasteiger partial charge in [-0.3, -0.25) is 0 Å². The number of aryl methyl sites for hydroxylation is 1. The Morgan fingerprint density at radius 3 is 2.55 bits per heavy atom. The Morgan fingerprint density at radius 1 is 1.40 bits per heavy atom. The van der Waals surface area contributed by atoms with Crippen LogP contribution in [0.25, 0.3) is 0 Å². The molecular formula is C14H21N3O2S. The molecule has 3 N–H and O–H groups in total. The van der Waals surface area contributed by atoms with Gasteiger partial charge in [-0.15, -0.1) is 0 Å². The maximum atomic E-state index is 12.1. The minimum atomic E-state index is -3.58. The lowest BCUT2D eigenvalue weighted by Gasteiger charge is -2.15. The summed E-state index contributed by atoms with van der Waals surface area (Å²) in [6.07, 6.45) is 0.759. The number of nitrogens with two attached hydrogens (primary N) is 1. The monoisotopic (exact) mass is 295 g/mol. The normalized spacial score (nSPS) is 13.2. The van der Waals surface area contributed by atoms with E-state index in [0.29, 0.717) is 17.0 Å². The van der Waals surface area contributed by atoms with Gasteiger partial charge < -0.3 is 5.73 Å². The third-order valence-corrected chi connectivity index (χ3v) is 4.36. The van der Waals surface area contributed by atoms with E-state index in [1.54, 1.807) is 6.92 Å². The number of sulfonamides is 1. The largest absolute Gasteiger partial charge is 0.327 e. The van der Waals surface area contributed by atoms with Crippen LogP contribution in [0.1, 0.15) is 31.4 Å². The molecule has 1 unspecified atom stereocenters. The van der Waals surface area contributed by atoms with Crippen molar-refractivity contribution in [2.75, 3.05) is 6.54 Å². The third-order valence-electron chi connectivity index (χ3n) is 2.94. The van der Waals surface area contributed by atoms with Crippen LogP contribution >= 0.6 is 0 Å². The molecule has 20 heavy (non-hydrogen) atoms. The van der Waals surface area contributed by atoms with E-state index >= 15 is 0 Å². The first-order chi connectivity index (χ1) is 9.26. The van der Waals surface area contributed by atoms with Crippen LogP contribution in [0.5, 0.6) is 0 Å². The molecule has 0 heterocycles. The lowest BCUT2D eigenvalue weighted by atomic mass is 10.1. The Labute approximate surface area is 120 Å². The van der Waals surface area contributed by atoms with E-state index in [4.69, 9.17) is 11.0 Å². The van der Waals surface area contributed by atoms with E-state index in [-0.39, 0.29) is 17.5 Å². The minimum Gasteiger partial charge on any atom is -0.327 e. The van der Waals surface area contributed by atoms with Gasteiger partial charge in [0.15, 0.2) is 0 Å². The molecule has 110 valence electrons. The molecule has 0 radical (unpaired) electrons. The predicted octanol–water partition coefficient (Wildman–Crippen LogP) is 1.52. The summed E-state index contributed by atoms with van der Waals surface area (Å²) in [5.74, 6) is 0.423. The molecule has 0 aliphatic carbocycles. The van der Waals surface area contributed by atoms with Crippen molar-refractivity contribution in [2.45, 2.75) is 38.1 Å². The molecule has 0 amide bonds. The van der Waals surface area contributed by atoms with Crippen LogP contribution in [0.3, 0.4) is 0 Å². The smallest absolute Gasteiger partial charge is 0.240 e. The second-order valence-corrected chi connectivity index (χ2v) is 7.10. The van der Waals surface area contributed by atoms with E-state index in [2.05, 4.69) is 4.72 Å². The van der Waals surface area contributed by atoms with Crippen LogP contribution in [-0.4, -0.2) is 21.0 Å². The van der Waals surface area contributed by atoms with Gasteiger partial charge in [0.1, 0.15) is 0 Å². The Balaban J connectivity index is 2.79. The molecule has 0 spiro atoms. The van der Waals surface area contributed by atoms with E-state index < -0.39 is 10.0 Å². The molecule has 1 rings (SSSR count). The number of hydrogen-bond donors (Lipinski definition) is 2. The second-order valence-electron chi connectivity index (χ2n) is 5.33. The highest BCUT2D eigenvalue weighted by atomic mass is 32.2. The van der Waals surface area contributed by atoms with Gasteiger partial charge in [-0.05, 0) is 43.0 Å². The van der Waals surface area contributed by atoms with Crippen LogP contribution in [0.2, 0.25) is 0 Å². The number of rotatable bonds is 6. The fraction of sp³-hybridized carbons (Fsp3) is 0.500. The Bertz CT molecular complexity index is 603. The first-order valence-corrected chi connectivity index (χ1v) is 8.00. The van der Waals surface area contributed by atoms with Crippen molar-refractivity contribution >= 4 is 10.0 Å². The summed E-state index contributed by atoms with van der Waals surface area (Å²) < 4.78 is 26.8. The average molecular weight is 295 g/mol. The molecule has 0 saturated heterocycles. The van der Waals surface area contributed by atoms with E-state index in [0.717, 1.165) is 6.42 Å². The van der Waals surface area contributed by atoms with Gasteiger partial charge in [-0.1, -0.05) is 13.8 Å². The molecule has 0 bridgehead atoms. The van der Waals surface area contributed by atoms with Crippen molar-refractivity contribution in [3.63, 3.8) is 0 Å². The zero-order valence-corrected chi connectivity index (χ0v) is 12.9. The maximum Gasteiger partial charge on any atom is 0.240 e. The first kappa shape index (κ1) is 16.6. The molecule has 0 aromatic heterocycles. The van der Waals surface area contributed by atoms with E-state index in [1.165, 1.54) is 18.2 Å². The van der Waals surface area contributed by atoms with E-state index in [1.807, 2.05) is 19.9 Å². The van der Waals surface area contributed by atoms with Gasteiger partial charge >= 0.3 is 0 Å². The predicted molar refractivity (Wildman–Crippen MR) is 78.5 cm³/mol. The quantitative estimate of drug-likeness (QED) is 0.831. The van der Waals surface area contributed by atoms with Crippen LogP contribution in [0.4, 0.5) is 0 Å². The molecule has 1 atom stereocenters. The Morgan fingerprint density at radius 2 is 2.05 bits per heavy atom. The van der Waals surface area contributed by atoms with Crippen molar-refractivity contribution < 1.29 is 8.42 Å². The van der Waals surface area contributed by atoms with Crippen LogP contribution in [0, 0.1) is 24.2 Å². The summed E-state index contributed by atoms with van der Waals surface area (Å²) in [5.41, 5.74) is 6.98. The van der Waals surface area contributed by atoms with Gasteiger partial charge in [0.05, 0.1) is 16.5 Å². The second kappa shape index (κ2) is 6.84. The van der Waals surface area contributed by atoms with Crippen LogP contribution < -0.4 is 10.5 Å².